The Morgan fingerprint density at radius 3 is 0.886 bits per heavy atom. The van der Waals surface area contributed by atoms with E-state index in [1.807, 2.05) is 0 Å². The van der Waals surface area contributed by atoms with Crippen LogP contribution in [0.3, 0.4) is 0 Å². The molecular formula is C30H22O14. The first kappa shape index (κ1) is 32.3. The number of furan rings is 2. The van der Waals surface area contributed by atoms with Crippen LogP contribution in [-0.4, -0.2) is 44.3 Å². The molecule has 2 heterocycles. The van der Waals surface area contributed by atoms with Crippen LogP contribution >= 0.6 is 0 Å². The quantitative estimate of drug-likeness (QED) is 0.230. The summed E-state index contributed by atoms with van der Waals surface area (Å²) in [6.07, 6.45) is 0. The predicted molar refractivity (Wildman–Crippen MR) is 153 cm³/mol. The van der Waals surface area contributed by atoms with Crippen molar-refractivity contribution in [1.82, 2.24) is 0 Å². The first-order valence-corrected chi connectivity index (χ1v) is 12.3. The molecule has 0 atom stereocenters. The number of aromatic carboxylic acids is 4. The maximum Gasteiger partial charge on any atom is 0.346 e. The highest BCUT2D eigenvalue weighted by Crippen LogP contribution is 2.17. The molecule has 0 bridgehead atoms. The molecule has 4 N–H and O–H groups in total. The standard InChI is InChI=1S/C10H2O6.2C10H10O4/c11-7-3-1-4-6(10(14)16-8(4)12)2-5(3)9(13)15-7;1-5-3-8(10(13)14)6(2)4-7(5)9(11)12;1-5-3-6(2)8(10(13)14)4-7(5)9(11)12/h1-2H;2*3-4H,1-2H3,(H,11,12)(H,13,14). The fourth-order valence-corrected chi connectivity index (χ4v) is 4.25. The Labute approximate surface area is 244 Å². The second-order valence-electron chi connectivity index (χ2n) is 9.48. The lowest BCUT2D eigenvalue weighted by Crippen LogP contribution is -2.06. The monoisotopic (exact) mass is 606 g/mol. The van der Waals surface area contributed by atoms with Gasteiger partial charge in [-0.1, -0.05) is 6.07 Å². The fourth-order valence-electron chi connectivity index (χ4n) is 4.25. The lowest BCUT2D eigenvalue weighted by molar-refractivity contribution is 0.0679. The molecule has 0 aliphatic heterocycles. The van der Waals surface area contributed by atoms with Gasteiger partial charge in [-0.05, 0) is 80.3 Å². The minimum atomic E-state index is -1.11. The molecule has 5 rings (SSSR count). The van der Waals surface area contributed by atoms with Crippen LogP contribution in [0.25, 0.3) is 21.5 Å². The van der Waals surface area contributed by atoms with Gasteiger partial charge in [0.05, 0.1) is 43.8 Å². The van der Waals surface area contributed by atoms with Gasteiger partial charge in [0.1, 0.15) is 0 Å². The van der Waals surface area contributed by atoms with Crippen LogP contribution in [0.15, 0.2) is 64.4 Å². The number of hydrogen-bond donors (Lipinski definition) is 4. The molecule has 3 aromatic carbocycles. The van der Waals surface area contributed by atoms with E-state index in [1.165, 1.54) is 18.2 Å². The van der Waals surface area contributed by atoms with Crippen molar-refractivity contribution in [3.63, 3.8) is 0 Å². The zero-order valence-electron chi connectivity index (χ0n) is 23.3. The van der Waals surface area contributed by atoms with E-state index in [-0.39, 0.29) is 43.8 Å². The Bertz CT molecular complexity index is 1980. The van der Waals surface area contributed by atoms with Crippen LogP contribution < -0.4 is 22.5 Å². The molecule has 0 amide bonds. The Morgan fingerprint density at radius 2 is 0.636 bits per heavy atom. The molecule has 44 heavy (non-hydrogen) atoms. The summed E-state index contributed by atoms with van der Waals surface area (Å²) in [6.45, 7) is 6.44. The fraction of sp³-hybridized carbons (Fsp3) is 0.133. The molecule has 226 valence electrons. The Kier molecular flexibility index (Phi) is 9.08. The molecule has 0 aliphatic carbocycles. The van der Waals surface area contributed by atoms with E-state index in [9.17, 15) is 38.4 Å². The molecule has 14 heteroatoms. The van der Waals surface area contributed by atoms with Crippen LogP contribution in [0, 0.1) is 27.7 Å². The van der Waals surface area contributed by atoms with Crippen molar-refractivity contribution in [3.05, 3.63) is 123 Å². The van der Waals surface area contributed by atoms with Crippen LogP contribution in [0.2, 0.25) is 0 Å². The van der Waals surface area contributed by atoms with E-state index in [0.29, 0.717) is 22.3 Å². The highest BCUT2D eigenvalue weighted by molar-refractivity contribution is 5.97. The predicted octanol–water partition coefficient (Wildman–Crippen LogP) is 2.90. The number of aryl methyl sites for hydroxylation is 4. The van der Waals surface area contributed by atoms with E-state index in [4.69, 9.17) is 20.4 Å². The SMILES string of the molecule is Cc1cc(C(=O)O)c(C)cc1C(=O)O.Cc1cc(C)c(C(=O)O)cc1C(=O)O.O=c1oc(=O)c2cc3c(=O)oc(=O)c3cc12. The third-order valence-corrected chi connectivity index (χ3v) is 6.47. The van der Waals surface area contributed by atoms with Gasteiger partial charge in [0.15, 0.2) is 0 Å². The second-order valence-corrected chi connectivity index (χ2v) is 9.48. The highest BCUT2D eigenvalue weighted by Gasteiger charge is 2.16. The van der Waals surface area contributed by atoms with Crippen LogP contribution in [0.1, 0.15) is 63.7 Å². The Balaban J connectivity index is 0.000000181. The number of rotatable bonds is 4. The maximum absolute atomic E-state index is 11.2. The molecule has 0 radical (unpaired) electrons. The van der Waals surface area contributed by atoms with E-state index >= 15 is 0 Å². The topological polar surface area (TPSA) is 244 Å². The minimum absolute atomic E-state index is 0.0181. The largest absolute Gasteiger partial charge is 0.478 e. The van der Waals surface area contributed by atoms with Crippen molar-refractivity contribution in [3.8, 4) is 0 Å². The van der Waals surface area contributed by atoms with Crippen molar-refractivity contribution in [2.75, 3.05) is 0 Å². The van der Waals surface area contributed by atoms with Gasteiger partial charge in [-0.15, -0.1) is 0 Å². The number of hydrogen-bond acceptors (Lipinski definition) is 10. The summed E-state index contributed by atoms with van der Waals surface area (Å²) in [4.78, 5) is 87.6. The average Bonchev–Trinajstić information content (AvgIpc) is 3.37. The zero-order chi connectivity index (χ0) is 33.2. The van der Waals surface area contributed by atoms with Crippen LogP contribution in [0.5, 0.6) is 0 Å². The normalized spacial score (nSPS) is 10.5. The van der Waals surface area contributed by atoms with Gasteiger partial charge in [0.25, 0.3) is 0 Å². The third kappa shape index (κ3) is 6.49. The molecule has 14 nitrogen and oxygen atoms in total. The van der Waals surface area contributed by atoms with Gasteiger partial charge in [-0.25, -0.2) is 38.4 Å². The number of fused-ring (bicyclic) bond motifs is 2. The van der Waals surface area contributed by atoms with E-state index in [1.54, 1.807) is 33.8 Å². The molecule has 0 saturated heterocycles. The first-order valence-electron chi connectivity index (χ1n) is 12.3. The summed E-state index contributed by atoms with van der Waals surface area (Å²) in [5.41, 5.74) is -0.878. The number of carboxylic acid groups (broad SMARTS) is 4. The van der Waals surface area contributed by atoms with Crippen LogP contribution in [0.4, 0.5) is 0 Å². The molecular weight excluding hydrogens is 584 g/mol. The highest BCUT2D eigenvalue weighted by atomic mass is 16.4. The Hall–Kier alpha value is -6.18. The lowest BCUT2D eigenvalue weighted by atomic mass is 10.0. The first-order chi connectivity index (χ1) is 20.4. The summed E-state index contributed by atoms with van der Waals surface area (Å²) < 4.78 is 8.68. The molecule has 5 aromatic rings. The summed E-state index contributed by atoms with van der Waals surface area (Å²) in [7, 11) is 0. The minimum Gasteiger partial charge on any atom is -0.478 e. The second kappa shape index (κ2) is 12.4. The van der Waals surface area contributed by atoms with Crippen molar-refractivity contribution >= 4 is 45.4 Å². The zero-order valence-corrected chi connectivity index (χ0v) is 23.3. The molecule has 0 saturated carbocycles. The molecule has 2 aromatic heterocycles. The van der Waals surface area contributed by atoms with Crippen molar-refractivity contribution in [2.24, 2.45) is 0 Å². The van der Waals surface area contributed by atoms with Crippen LogP contribution in [-0.2, 0) is 0 Å². The summed E-state index contributed by atoms with van der Waals surface area (Å²) in [5.74, 6) is -4.29. The van der Waals surface area contributed by atoms with E-state index in [2.05, 4.69) is 8.83 Å². The third-order valence-electron chi connectivity index (χ3n) is 6.47. The molecule has 0 fully saturated rings. The van der Waals surface area contributed by atoms with E-state index < -0.39 is 46.4 Å². The summed E-state index contributed by atoms with van der Waals surface area (Å²) >= 11 is 0. The average molecular weight is 606 g/mol. The van der Waals surface area contributed by atoms with Gasteiger partial charge < -0.3 is 29.3 Å². The maximum atomic E-state index is 11.2. The number of benzene rings is 3. The van der Waals surface area contributed by atoms with Gasteiger partial charge >= 0.3 is 46.4 Å². The van der Waals surface area contributed by atoms with Crippen molar-refractivity contribution in [1.29, 1.82) is 0 Å². The van der Waals surface area contributed by atoms with Gasteiger partial charge in [0, 0.05) is 0 Å². The van der Waals surface area contributed by atoms with Gasteiger partial charge in [-0.3, -0.25) is 0 Å². The van der Waals surface area contributed by atoms with Gasteiger partial charge in [0.2, 0.25) is 0 Å². The molecule has 0 spiro atoms. The van der Waals surface area contributed by atoms with Crippen molar-refractivity contribution < 1.29 is 48.4 Å². The summed E-state index contributed by atoms with van der Waals surface area (Å²) in [5, 5.41) is 35.0. The number of carboxylic acids is 4. The smallest absolute Gasteiger partial charge is 0.346 e. The Morgan fingerprint density at radius 1 is 0.409 bits per heavy atom. The number of carbonyl (C=O) groups is 4. The lowest BCUT2D eigenvalue weighted by Gasteiger charge is -2.05. The van der Waals surface area contributed by atoms with Crippen molar-refractivity contribution in [2.45, 2.75) is 27.7 Å². The summed E-state index contributed by atoms with van der Waals surface area (Å²) in [6, 6.07) is 7.79. The molecule has 0 unspecified atom stereocenters. The molecule has 0 aliphatic rings. The van der Waals surface area contributed by atoms with Gasteiger partial charge in [-0.2, -0.15) is 0 Å². The van der Waals surface area contributed by atoms with E-state index in [0.717, 1.165) is 12.1 Å².